The third-order valence-electron chi connectivity index (χ3n) is 2.29. The zero-order valence-electron chi connectivity index (χ0n) is 7.39. The van der Waals surface area contributed by atoms with Gasteiger partial charge in [0, 0.05) is 12.4 Å². The van der Waals surface area contributed by atoms with E-state index in [2.05, 4.69) is 4.98 Å². The molecule has 1 aromatic rings. The lowest BCUT2D eigenvalue weighted by molar-refractivity contribution is -0.210. The van der Waals surface area contributed by atoms with Crippen molar-refractivity contribution in [3.05, 3.63) is 18.7 Å². The number of imidazole rings is 1. The van der Waals surface area contributed by atoms with Crippen molar-refractivity contribution in [2.24, 2.45) is 0 Å². The van der Waals surface area contributed by atoms with Crippen molar-refractivity contribution in [1.29, 1.82) is 0 Å². The standard InChI is InChI=1S/C8H12N2O4/c11-5-3-14-8(7(13)6(5)12)10-2-1-9-4-10/h1-2,4-8,11-13H,3H2/t5-,6+,7-,8+/m1/s1. The van der Waals surface area contributed by atoms with Crippen LogP contribution in [-0.4, -0.2) is 49.8 Å². The maximum absolute atomic E-state index is 9.60. The SMILES string of the molecule is O[C@@H]1[C@@H](O)[C@@H](n2ccnc2)OC[C@H]1O. The molecule has 1 aliphatic rings. The van der Waals surface area contributed by atoms with Crippen LogP contribution in [0.4, 0.5) is 0 Å². The van der Waals surface area contributed by atoms with Gasteiger partial charge in [0.2, 0.25) is 0 Å². The Morgan fingerprint density at radius 3 is 2.71 bits per heavy atom. The first-order valence-corrected chi connectivity index (χ1v) is 4.33. The minimum absolute atomic E-state index is 0.00106. The lowest BCUT2D eigenvalue weighted by atomic mass is 10.0. The fourth-order valence-corrected chi connectivity index (χ4v) is 1.47. The fraction of sp³-hybridized carbons (Fsp3) is 0.625. The summed E-state index contributed by atoms with van der Waals surface area (Å²) in [7, 11) is 0. The number of aromatic nitrogens is 2. The van der Waals surface area contributed by atoms with Crippen molar-refractivity contribution in [1.82, 2.24) is 9.55 Å². The second-order valence-electron chi connectivity index (χ2n) is 3.28. The van der Waals surface area contributed by atoms with E-state index in [1.165, 1.54) is 6.33 Å². The van der Waals surface area contributed by atoms with E-state index in [9.17, 15) is 15.3 Å². The quantitative estimate of drug-likeness (QED) is 0.513. The second-order valence-corrected chi connectivity index (χ2v) is 3.28. The molecule has 1 aromatic heterocycles. The fourth-order valence-electron chi connectivity index (χ4n) is 1.47. The first-order valence-electron chi connectivity index (χ1n) is 4.33. The van der Waals surface area contributed by atoms with Crippen LogP contribution in [-0.2, 0) is 4.74 Å². The Morgan fingerprint density at radius 2 is 2.07 bits per heavy atom. The van der Waals surface area contributed by atoms with Crippen LogP contribution in [0.25, 0.3) is 0 Å². The van der Waals surface area contributed by atoms with Crippen LogP contribution in [0.3, 0.4) is 0 Å². The number of ether oxygens (including phenoxy) is 1. The molecule has 78 valence electrons. The van der Waals surface area contributed by atoms with Crippen molar-refractivity contribution in [3.8, 4) is 0 Å². The summed E-state index contributed by atoms with van der Waals surface area (Å²) in [5, 5.41) is 28.2. The number of hydrogen-bond donors (Lipinski definition) is 3. The maximum Gasteiger partial charge on any atom is 0.163 e. The van der Waals surface area contributed by atoms with Gasteiger partial charge in [-0.25, -0.2) is 4.98 Å². The van der Waals surface area contributed by atoms with Gasteiger partial charge in [0.1, 0.15) is 18.3 Å². The van der Waals surface area contributed by atoms with Crippen LogP contribution >= 0.6 is 0 Å². The van der Waals surface area contributed by atoms with E-state index in [4.69, 9.17) is 4.74 Å². The highest BCUT2D eigenvalue weighted by Gasteiger charge is 2.38. The first-order chi connectivity index (χ1) is 6.70. The third kappa shape index (κ3) is 1.53. The molecule has 1 aliphatic heterocycles. The van der Waals surface area contributed by atoms with Crippen molar-refractivity contribution in [2.75, 3.05) is 6.61 Å². The molecule has 0 aliphatic carbocycles. The van der Waals surface area contributed by atoms with E-state index >= 15 is 0 Å². The van der Waals surface area contributed by atoms with Crippen molar-refractivity contribution >= 4 is 0 Å². The molecule has 3 N–H and O–H groups in total. The summed E-state index contributed by atoms with van der Waals surface area (Å²) >= 11 is 0. The van der Waals surface area contributed by atoms with Crippen molar-refractivity contribution < 1.29 is 20.1 Å². The molecular weight excluding hydrogens is 188 g/mol. The van der Waals surface area contributed by atoms with Gasteiger partial charge in [-0.2, -0.15) is 0 Å². The van der Waals surface area contributed by atoms with E-state index in [0.29, 0.717) is 0 Å². The molecule has 0 amide bonds. The highest BCUT2D eigenvalue weighted by atomic mass is 16.5. The molecule has 0 bridgehead atoms. The van der Waals surface area contributed by atoms with E-state index in [1.54, 1.807) is 17.0 Å². The predicted molar refractivity (Wildman–Crippen MR) is 45.2 cm³/mol. The summed E-state index contributed by atoms with van der Waals surface area (Å²) in [4.78, 5) is 3.80. The van der Waals surface area contributed by atoms with Crippen molar-refractivity contribution in [3.63, 3.8) is 0 Å². The summed E-state index contributed by atoms with van der Waals surface area (Å²) < 4.78 is 6.72. The van der Waals surface area contributed by atoms with Crippen LogP contribution in [0.15, 0.2) is 18.7 Å². The van der Waals surface area contributed by atoms with Gasteiger partial charge in [0.15, 0.2) is 6.23 Å². The normalized spacial score (nSPS) is 38.5. The van der Waals surface area contributed by atoms with E-state index < -0.39 is 24.5 Å². The molecule has 0 spiro atoms. The molecule has 6 heteroatoms. The number of aliphatic hydroxyl groups excluding tert-OH is 3. The number of nitrogens with zero attached hydrogens (tertiary/aromatic N) is 2. The Balaban J connectivity index is 2.14. The zero-order valence-corrected chi connectivity index (χ0v) is 7.39. The second kappa shape index (κ2) is 3.66. The van der Waals surface area contributed by atoms with Crippen LogP contribution in [0.5, 0.6) is 0 Å². The molecular formula is C8H12N2O4. The molecule has 0 saturated carbocycles. The minimum Gasteiger partial charge on any atom is -0.388 e. The molecule has 2 heterocycles. The van der Waals surface area contributed by atoms with Crippen molar-refractivity contribution in [2.45, 2.75) is 24.5 Å². The average Bonchev–Trinajstić information content (AvgIpc) is 2.67. The predicted octanol–water partition coefficient (Wildman–Crippen LogP) is -1.51. The van der Waals surface area contributed by atoms with Gasteiger partial charge in [0.25, 0.3) is 0 Å². The lowest BCUT2D eigenvalue weighted by Crippen LogP contribution is -2.50. The van der Waals surface area contributed by atoms with Gasteiger partial charge in [-0.05, 0) is 0 Å². The van der Waals surface area contributed by atoms with Crippen LogP contribution in [0, 0.1) is 0 Å². The number of rotatable bonds is 1. The Bertz CT molecular complexity index is 290. The molecule has 0 radical (unpaired) electrons. The van der Waals surface area contributed by atoms with E-state index in [-0.39, 0.29) is 6.61 Å². The summed E-state index contributed by atoms with van der Waals surface area (Å²) in [5.41, 5.74) is 0. The molecule has 0 unspecified atom stereocenters. The van der Waals surface area contributed by atoms with Gasteiger partial charge in [-0.3, -0.25) is 0 Å². The van der Waals surface area contributed by atoms with Crippen LogP contribution in [0.1, 0.15) is 6.23 Å². The van der Waals surface area contributed by atoms with Gasteiger partial charge >= 0.3 is 0 Å². The van der Waals surface area contributed by atoms with Gasteiger partial charge in [0.05, 0.1) is 12.9 Å². The zero-order chi connectivity index (χ0) is 10.1. The molecule has 2 rings (SSSR count). The maximum atomic E-state index is 9.60. The Kier molecular flexibility index (Phi) is 2.51. The van der Waals surface area contributed by atoms with Crippen LogP contribution < -0.4 is 0 Å². The average molecular weight is 200 g/mol. The van der Waals surface area contributed by atoms with Gasteiger partial charge in [-0.15, -0.1) is 0 Å². The minimum atomic E-state index is -1.18. The molecule has 14 heavy (non-hydrogen) atoms. The molecule has 1 fully saturated rings. The Labute approximate surface area is 80.4 Å². The summed E-state index contributed by atoms with van der Waals surface area (Å²) in [6.45, 7) is 0.00106. The smallest absolute Gasteiger partial charge is 0.163 e. The highest BCUT2D eigenvalue weighted by Crippen LogP contribution is 2.23. The Morgan fingerprint density at radius 1 is 1.29 bits per heavy atom. The molecule has 4 atom stereocenters. The highest BCUT2D eigenvalue weighted by molar-refractivity contribution is 4.88. The Hall–Kier alpha value is -0.950. The molecule has 6 nitrogen and oxygen atoms in total. The first kappa shape index (κ1) is 9.60. The third-order valence-corrected chi connectivity index (χ3v) is 2.29. The topological polar surface area (TPSA) is 87.7 Å². The summed E-state index contributed by atoms with van der Waals surface area (Å²) in [5.74, 6) is 0. The lowest BCUT2D eigenvalue weighted by Gasteiger charge is -2.35. The number of hydrogen-bond acceptors (Lipinski definition) is 5. The van der Waals surface area contributed by atoms with E-state index in [1.807, 2.05) is 0 Å². The van der Waals surface area contributed by atoms with Gasteiger partial charge < -0.3 is 24.6 Å². The summed E-state index contributed by atoms with van der Waals surface area (Å²) in [6, 6.07) is 0. The summed E-state index contributed by atoms with van der Waals surface area (Å²) in [6.07, 6.45) is 0.606. The largest absolute Gasteiger partial charge is 0.388 e. The van der Waals surface area contributed by atoms with Gasteiger partial charge in [-0.1, -0.05) is 0 Å². The van der Waals surface area contributed by atoms with E-state index in [0.717, 1.165) is 0 Å². The monoisotopic (exact) mass is 200 g/mol. The number of aliphatic hydroxyl groups is 3. The molecule has 1 saturated heterocycles. The molecule has 0 aromatic carbocycles. The van der Waals surface area contributed by atoms with Crippen LogP contribution in [0.2, 0.25) is 0 Å².